The van der Waals surface area contributed by atoms with Gasteiger partial charge in [-0.05, 0) is 62.9 Å². The molecule has 1 fully saturated rings. The van der Waals surface area contributed by atoms with Gasteiger partial charge in [0.25, 0.3) is 0 Å². The highest BCUT2D eigenvalue weighted by molar-refractivity contribution is 5.76. The van der Waals surface area contributed by atoms with Crippen LogP contribution in [0.4, 0.5) is 0 Å². The van der Waals surface area contributed by atoms with E-state index in [4.69, 9.17) is 0 Å². The number of carbonyl (C=O) groups is 1. The number of rotatable bonds is 7. The molecule has 1 aromatic heterocycles. The van der Waals surface area contributed by atoms with E-state index in [2.05, 4.69) is 29.8 Å². The van der Waals surface area contributed by atoms with Gasteiger partial charge in [-0.25, -0.2) is 0 Å². The van der Waals surface area contributed by atoms with Crippen LogP contribution in [0.1, 0.15) is 57.6 Å². The van der Waals surface area contributed by atoms with E-state index >= 15 is 0 Å². The number of nitrogens with zero attached hydrogens (tertiary/aromatic N) is 3. The number of hydrogen-bond acceptors (Lipinski definition) is 3. The Morgan fingerprint density at radius 2 is 2.13 bits per heavy atom. The summed E-state index contributed by atoms with van der Waals surface area (Å²) in [7, 11) is 1.94. The van der Waals surface area contributed by atoms with Gasteiger partial charge >= 0.3 is 0 Å². The van der Waals surface area contributed by atoms with Gasteiger partial charge in [-0.3, -0.25) is 9.78 Å². The van der Waals surface area contributed by atoms with Crippen LogP contribution in [-0.4, -0.2) is 47.4 Å². The molecular weight excluding hydrogens is 286 g/mol. The Bertz CT molecular complexity index is 469. The van der Waals surface area contributed by atoms with E-state index in [1.165, 1.54) is 13.0 Å². The lowest BCUT2D eigenvalue weighted by Gasteiger charge is -2.33. The molecule has 0 spiro atoms. The van der Waals surface area contributed by atoms with E-state index in [-0.39, 0.29) is 11.9 Å². The fourth-order valence-corrected chi connectivity index (χ4v) is 3.60. The molecule has 4 heteroatoms. The molecule has 1 amide bonds. The summed E-state index contributed by atoms with van der Waals surface area (Å²) >= 11 is 0. The number of hydrogen-bond donors (Lipinski definition) is 0. The molecular formula is C19H31N3O. The Morgan fingerprint density at radius 3 is 2.70 bits per heavy atom. The van der Waals surface area contributed by atoms with Crippen LogP contribution in [0.25, 0.3) is 0 Å². The van der Waals surface area contributed by atoms with Crippen molar-refractivity contribution in [3.63, 3.8) is 0 Å². The smallest absolute Gasteiger partial charge is 0.223 e. The van der Waals surface area contributed by atoms with Crippen LogP contribution >= 0.6 is 0 Å². The van der Waals surface area contributed by atoms with E-state index < -0.39 is 0 Å². The Hall–Kier alpha value is -1.42. The first-order valence-electron chi connectivity index (χ1n) is 9.03. The summed E-state index contributed by atoms with van der Waals surface area (Å²) in [6.45, 7) is 7.85. The molecule has 4 nitrogen and oxygen atoms in total. The van der Waals surface area contributed by atoms with Crippen molar-refractivity contribution >= 4 is 5.91 Å². The molecule has 128 valence electrons. The second kappa shape index (κ2) is 9.02. The van der Waals surface area contributed by atoms with Crippen molar-refractivity contribution in [3.8, 4) is 0 Å². The average molecular weight is 317 g/mol. The maximum absolute atomic E-state index is 12.7. The minimum absolute atomic E-state index is 0.136. The molecule has 0 unspecified atom stereocenters. The van der Waals surface area contributed by atoms with E-state index in [9.17, 15) is 4.79 Å². The van der Waals surface area contributed by atoms with E-state index in [1.807, 2.05) is 24.2 Å². The van der Waals surface area contributed by atoms with Crippen molar-refractivity contribution in [2.45, 2.75) is 52.0 Å². The maximum atomic E-state index is 12.7. The Balaban J connectivity index is 1.87. The Kier molecular flexibility index (Phi) is 7.03. The normalized spacial score (nSPS) is 17.9. The SMILES string of the molecule is CCCN1CCC(CC(=O)N(C)[C@@H](CC)c2cccnc2)CC1. The van der Waals surface area contributed by atoms with Crippen molar-refractivity contribution in [2.24, 2.45) is 5.92 Å². The standard InChI is InChI=1S/C19H31N3O/c1-4-11-22-12-8-16(9-13-22)14-19(23)21(3)18(5-2)17-7-6-10-20-15-17/h6-7,10,15-16,18H,4-5,8-9,11-14H2,1-3H3/t18-/m0/s1. The predicted molar refractivity (Wildman–Crippen MR) is 94.1 cm³/mol. The van der Waals surface area contributed by atoms with Gasteiger partial charge in [0.2, 0.25) is 5.91 Å². The summed E-state index contributed by atoms with van der Waals surface area (Å²) in [5.74, 6) is 0.819. The molecule has 0 saturated carbocycles. The lowest BCUT2D eigenvalue weighted by molar-refractivity contribution is -0.133. The van der Waals surface area contributed by atoms with Gasteiger partial charge in [0.05, 0.1) is 6.04 Å². The first kappa shape index (κ1) is 17.9. The predicted octanol–water partition coefficient (Wildman–Crippen LogP) is 3.50. The summed E-state index contributed by atoms with van der Waals surface area (Å²) < 4.78 is 0. The molecule has 2 heterocycles. The molecule has 0 aliphatic carbocycles. The lowest BCUT2D eigenvalue weighted by atomic mass is 9.92. The maximum Gasteiger partial charge on any atom is 0.223 e. The highest BCUT2D eigenvalue weighted by atomic mass is 16.2. The lowest BCUT2D eigenvalue weighted by Crippen LogP contribution is -2.37. The number of piperidine rings is 1. The van der Waals surface area contributed by atoms with Crippen LogP contribution in [0, 0.1) is 5.92 Å². The quantitative estimate of drug-likeness (QED) is 0.772. The zero-order valence-electron chi connectivity index (χ0n) is 14.9. The van der Waals surface area contributed by atoms with Gasteiger partial charge in [0.15, 0.2) is 0 Å². The van der Waals surface area contributed by atoms with Gasteiger partial charge in [-0.1, -0.05) is 19.9 Å². The molecule has 1 atom stereocenters. The van der Waals surface area contributed by atoms with Crippen LogP contribution in [0.3, 0.4) is 0 Å². The number of aromatic nitrogens is 1. The first-order chi connectivity index (χ1) is 11.2. The number of pyridine rings is 1. The van der Waals surface area contributed by atoms with Crippen LogP contribution in [-0.2, 0) is 4.79 Å². The molecule has 0 aromatic carbocycles. The average Bonchev–Trinajstić information content (AvgIpc) is 2.58. The van der Waals surface area contributed by atoms with Crippen LogP contribution in [0.2, 0.25) is 0 Å². The van der Waals surface area contributed by atoms with Crippen molar-refractivity contribution in [1.29, 1.82) is 0 Å². The summed E-state index contributed by atoms with van der Waals surface area (Å²) in [5.41, 5.74) is 1.13. The second-order valence-corrected chi connectivity index (χ2v) is 6.70. The molecule has 1 aliphatic heterocycles. The monoisotopic (exact) mass is 317 g/mol. The zero-order chi connectivity index (χ0) is 16.7. The number of amides is 1. The van der Waals surface area contributed by atoms with Crippen molar-refractivity contribution < 1.29 is 4.79 Å². The fraction of sp³-hybridized carbons (Fsp3) is 0.684. The molecule has 1 saturated heterocycles. The largest absolute Gasteiger partial charge is 0.339 e. The number of carbonyl (C=O) groups excluding carboxylic acids is 1. The minimum Gasteiger partial charge on any atom is -0.339 e. The summed E-state index contributed by atoms with van der Waals surface area (Å²) in [6.07, 6.45) is 8.79. The number of likely N-dealkylation sites (tertiary alicyclic amines) is 1. The summed E-state index contributed by atoms with van der Waals surface area (Å²) in [5, 5.41) is 0. The molecule has 0 radical (unpaired) electrons. The van der Waals surface area contributed by atoms with E-state index in [0.29, 0.717) is 12.3 Å². The van der Waals surface area contributed by atoms with Crippen molar-refractivity contribution in [1.82, 2.24) is 14.8 Å². The van der Waals surface area contributed by atoms with Gasteiger partial charge in [0, 0.05) is 25.9 Å². The van der Waals surface area contributed by atoms with Crippen LogP contribution in [0.5, 0.6) is 0 Å². The van der Waals surface area contributed by atoms with Crippen LogP contribution < -0.4 is 0 Å². The van der Waals surface area contributed by atoms with Gasteiger partial charge in [0.1, 0.15) is 0 Å². The zero-order valence-corrected chi connectivity index (χ0v) is 14.9. The van der Waals surface area contributed by atoms with Crippen molar-refractivity contribution in [2.75, 3.05) is 26.7 Å². The third kappa shape index (κ3) is 5.03. The van der Waals surface area contributed by atoms with Gasteiger partial charge in [-0.2, -0.15) is 0 Å². The highest BCUT2D eigenvalue weighted by Gasteiger charge is 2.25. The molecule has 1 aromatic rings. The van der Waals surface area contributed by atoms with Gasteiger partial charge < -0.3 is 9.80 Å². The van der Waals surface area contributed by atoms with E-state index in [0.717, 1.165) is 37.9 Å². The topological polar surface area (TPSA) is 36.4 Å². The molecule has 23 heavy (non-hydrogen) atoms. The van der Waals surface area contributed by atoms with E-state index in [1.54, 1.807) is 6.20 Å². The third-order valence-corrected chi connectivity index (χ3v) is 5.03. The summed E-state index contributed by atoms with van der Waals surface area (Å²) in [6, 6.07) is 4.14. The first-order valence-corrected chi connectivity index (χ1v) is 9.03. The Labute approximate surface area is 140 Å². The molecule has 0 N–H and O–H groups in total. The second-order valence-electron chi connectivity index (χ2n) is 6.70. The van der Waals surface area contributed by atoms with Crippen LogP contribution in [0.15, 0.2) is 24.5 Å². The highest BCUT2D eigenvalue weighted by Crippen LogP contribution is 2.26. The molecule has 1 aliphatic rings. The summed E-state index contributed by atoms with van der Waals surface area (Å²) in [4.78, 5) is 21.3. The van der Waals surface area contributed by atoms with Gasteiger partial charge in [-0.15, -0.1) is 0 Å². The third-order valence-electron chi connectivity index (χ3n) is 5.03. The minimum atomic E-state index is 0.136. The van der Waals surface area contributed by atoms with Crippen molar-refractivity contribution in [3.05, 3.63) is 30.1 Å². The molecule has 2 rings (SSSR count). The fourth-order valence-electron chi connectivity index (χ4n) is 3.60. The molecule has 0 bridgehead atoms. The Morgan fingerprint density at radius 1 is 1.39 bits per heavy atom.